The van der Waals surface area contributed by atoms with E-state index in [-0.39, 0.29) is 17.8 Å². The van der Waals surface area contributed by atoms with Gasteiger partial charge < -0.3 is 9.64 Å². The van der Waals surface area contributed by atoms with Crippen molar-refractivity contribution in [2.45, 2.75) is 43.8 Å². The molecule has 30 heavy (non-hydrogen) atoms. The Morgan fingerprint density at radius 3 is 2.47 bits per heavy atom. The summed E-state index contributed by atoms with van der Waals surface area (Å²) >= 11 is 0. The number of piperidine rings is 1. The second-order valence-corrected chi connectivity index (χ2v) is 10.2. The van der Waals surface area contributed by atoms with Gasteiger partial charge in [0, 0.05) is 19.2 Å². The topological polar surface area (TPSA) is 63.7 Å². The standard InChI is InChI=1S/C24H29NO4S/c1-19(2)29-22-10-6-9-20(17-22)11-12-24(26)25-15-13-23(14-16-25)30(27,28)18-21-7-4-3-5-8-21/h3-12,17,19,23H,13-16,18H2,1-2H3/b12-11+. The first-order chi connectivity index (χ1) is 14.3. The molecule has 5 nitrogen and oxygen atoms in total. The Hall–Kier alpha value is -2.60. The lowest BCUT2D eigenvalue weighted by atomic mass is 10.1. The van der Waals surface area contributed by atoms with Crippen LogP contribution in [0.15, 0.2) is 60.7 Å². The monoisotopic (exact) mass is 427 g/mol. The fourth-order valence-corrected chi connectivity index (χ4v) is 5.42. The largest absolute Gasteiger partial charge is 0.491 e. The van der Waals surface area contributed by atoms with Crippen molar-refractivity contribution in [2.24, 2.45) is 0 Å². The van der Waals surface area contributed by atoms with E-state index < -0.39 is 15.1 Å². The molecule has 1 saturated heterocycles. The number of carbonyl (C=O) groups is 1. The summed E-state index contributed by atoms with van der Waals surface area (Å²) in [5, 5.41) is -0.393. The zero-order valence-electron chi connectivity index (χ0n) is 17.5. The smallest absolute Gasteiger partial charge is 0.246 e. The summed E-state index contributed by atoms with van der Waals surface area (Å²) in [5.41, 5.74) is 1.70. The third-order valence-electron chi connectivity index (χ3n) is 5.12. The Balaban J connectivity index is 1.54. The van der Waals surface area contributed by atoms with Crippen LogP contribution in [0.4, 0.5) is 0 Å². The molecule has 0 radical (unpaired) electrons. The van der Waals surface area contributed by atoms with Crippen molar-refractivity contribution in [2.75, 3.05) is 13.1 Å². The number of rotatable bonds is 7. The predicted molar refractivity (Wildman–Crippen MR) is 120 cm³/mol. The van der Waals surface area contributed by atoms with E-state index in [9.17, 15) is 13.2 Å². The minimum Gasteiger partial charge on any atom is -0.491 e. The lowest BCUT2D eigenvalue weighted by Crippen LogP contribution is -2.42. The molecule has 0 atom stereocenters. The Bertz CT molecular complexity index is 975. The molecule has 1 aliphatic rings. The van der Waals surface area contributed by atoms with E-state index in [1.165, 1.54) is 0 Å². The zero-order chi connectivity index (χ0) is 21.6. The Morgan fingerprint density at radius 1 is 1.10 bits per heavy atom. The quantitative estimate of drug-likeness (QED) is 0.624. The molecule has 1 fully saturated rings. The molecular formula is C24H29NO4S. The van der Waals surface area contributed by atoms with Crippen LogP contribution in [0.25, 0.3) is 6.08 Å². The van der Waals surface area contributed by atoms with Gasteiger partial charge in [0.25, 0.3) is 0 Å². The van der Waals surface area contributed by atoms with Gasteiger partial charge in [0.1, 0.15) is 5.75 Å². The first kappa shape index (κ1) is 22.1. The number of sulfone groups is 1. The minimum absolute atomic E-state index is 0.0567. The molecule has 1 amide bonds. The van der Waals surface area contributed by atoms with Crippen LogP contribution >= 0.6 is 0 Å². The average Bonchev–Trinajstić information content (AvgIpc) is 2.72. The molecule has 0 N–H and O–H groups in total. The van der Waals surface area contributed by atoms with Gasteiger partial charge in [0.15, 0.2) is 9.84 Å². The highest BCUT2D eigenvalue weighted by Gasteiger charge is 2.31. The van der Waals surface area contributed by atoms with Gasteiger partial charge in [-0.2, -0.15) is 0 Å². The lowest BCUT2D eigenvalue weighted by molar-refractivity contribution is -0.126. The van der Waals surface area contributed by atoms with Crippen LogP contribution in [0.5, 0.6) is 5.75 Å². The summed E-state index contributed by atoms with van der Waals surface area (Å²) in [6.07, 6.45) is 4.37. The number of hydrogen-bond acceptors (Lipinski definition) is 4. The van der Waals surface area contributed by atoms with Gasteiger partial charge in [-0.1, -0.05) is 42.5 Å². The van der Waals surface area contributed by atoms with E-state index >= 15 is 0 Å². The predicted octanol–water partition coefficient (Wildman–Crippen LogP) is 4.09. The van der Waals surface area contributed by atoms with Crippen LogP contribution in [0, 0.1) is 0 Å². The zero-order valence-corrected chi connectivity index (χ0v) is 18.3. The Labute approximate surface area is 179 Å². The summed E-state index contributed by atoms with van der Waals surface area (Å²) in [6.45, 7) is 4.85. The van der Waals surface area contributed by atoms with Gasteiger partial charge >= 0.3 is 0 Å². The second-order valence-electron chi connectivity index (χ2n) is 7.89. The van der Waals surface area contributed by atoms with Crippen LogP contribution in [-0.2, 0) is 20.4 Å². The van der Waals surface area contributed by atoms with Gasteiger partial charge in [0.05, 0.1) is 17.1 Å². The maximum absolute atomic E-state index is 12.7. The van der Waals surface area contributed by atoms with Crippen molar-refractivity contribution in [1.82, 2.24) is 4.90 Å². The van der Waals surface area contributed by atoms with Crippen LogP contribution in [0.3, 0.4) is 0 Å². The number of benzene rings is 2. The SMILES string of the molecule is CC(C)Oc1cccc(/C=C/C(=O)N2CCC(S(=O)(=O)Cc3ccccc3)CC2)c1. The Morgan fingerprint density at radius 2 is 1.80 bits per heavy atom. The lowest BCUT2D eigenvalue weighted by Gasteiger charge is -2.31. The van der Waals surface area contributed by atoms with E-state index in [4.69, 9.17) is 4.74 Å². The van der Waals surface area contributed by atoms with Crippen LogP contribution in [0.1, 0.15) is 37.8 Å². The first-order valence-electron chi connectivity index (χ1n) is 10.3. The highest BCUT2D eigenvalue weighted by molar-refractivity contribution is 7.91. The first-order valence-corrected chi connectivity index (χ1v) is 12.0. The average molecular weight is 428 g/mol. The number of nitrogens with zero attached hydrogens (tertiary/aromatic N) is 1. The van der Waals surface area contributed by atoms with E-state index in [1.807, 2.05) is 68.4 Å². The number of ether oxygens (including phenoxy) is 1. The van der Waals surface area contributed by atoms with Crippen LogP contribution in [0.2, 0.25) is 0 Å². The van der Waals surface area contributed by atoms with Gasteiger partial charge in [-0.05, 0) is 56.0 Å². The van der Waals surface area contributed by atoms with Gasteiger partial charge in [0.2, 0.25) is 5.91 Å². The molecule has 3 rings (SSSR count). The molecule has 0 aromatic heterocycles. The minimum atomic E-state index is -3.23. The third kappa shape index (κ3) is 6.20. The summed E-state index contributed by atoms with van der Waals surface area (Å²) in [7, 11) is -3.23. The molecule has 0 unspecified atom stereocenters. The van der Waals surface area contributed by atoms with Gasteiger partial charge in [-0.15, -0.1) is 0 Å². The highest BCUT2D eigenvalue weighted by Crippen LogP contribution is 2.22. The third-order valence-corrected chi connectivity index (χ3v) is 7.34. The molecule has 1 aliphatic heterocycles. The molecular weight excluding hydrogens is 398 g/mol. The molecule has 1 heterocycles. The highest BCUT2D eigenvalue weighted by atomic mass is 32.2. The van der Waals surface area contributed by atoms with Crippen molar-refractivity contribution in [1.29, 1.82) is 0 Å². The summed E-state index contributed by atoms with van der Waals surface area (Å²) in [5.74, 6) is 0.731. The van der Waals surface area contributed by atoms with E-state index in [0.29, 0.717) is 25.9 Å². The molecule has 0 bridgehead atoms. The molecule has 0 saturated carbocycles. The number of amides is 1. The molecule has 6 heteroatoms. The number of hydrogen-bond donors (Lipinski definition) is 0. The van der Waals surface area contributed by atoms with E-state index in [1.54, 1.807) is 17.1 Å². The summed E-state index contributed by atoms with van der Waals surface area (Å²) in [4.78, 5) is 14.3. The molecule has 2 aromatic rings. The number of carbonyl (C=O) groups excluding carboxylic acids is 1. The van der Waals surface area contributed by atoms with Crippen molar-refractivity contribution < 1.29 is 17.9 Å². The second kappa shape index (κ2) is 9.94. The summed E-state index contributed by atoms with van der Waals surface area (Å²) in [6, 6.07) is 16.8. The van der Waals surface area contributed by atoms with Crippen molar-refractivity contribution in [3.05, 3.63) is 71.8 Å². The van der Waals surface area contributed by atoms with Crippen molar-refractivity contribution in [3.8, 4) is 5.75 Å². The normalized spacial score (nSPS) is 15.6. The maximum atomic E-state index is 12.7. The summed E-state index contributed by atoms with van der Waals surface area (Å²) < 4.78 is 31.1. The molecule has 2 aromatic carbocycles. The maximum Gasteiger partial charge on any atom is 0.246 e. The van der Waals surface area contributed by atoms with Gasteiger partial charge in [-0.3, -0.25) is 4.79 Å². The van der Waals surface area contributed by atoms with Crippen LogP contribution < -0.4 is 4.74 Å². The van der Waals surface area contributed by atoms with E-state index in [2.05, 4.69) is 0 Å². The molecule has 0 aliphatic carbocycles. The Kier molecular flexibility index (Phi) is 7.32. The van der Waals surface area contributed by atoms with Crippen LogP contribution in [-0.4, -0.2) is 43.7 Å². The molecule has 0 spiro atoms. The van der Waals surface area contributed by atoms with Crippen molar-refractivity contribution in [3.63, 3.8) is 0 Å². The molecule has 160 valence electrons. The van der Waals surface area contributed by atoms with Gasteiger partial charge in [-0.25, -0.2) is 8.42 Å². The fraction of sp³-hybridized carbons (Fsp3) is 0.375. The fourth-order valence-electron chi connectivity index (χ4n) is 3.60. The van der Waals surface area contributed by atoms with E-state index in [0.717, 1.165) is 16.9 Å². The number of likely N-dealkylation sites (tertiary alicyclic amines) is 1. The van der Waals surface area contributed by atoms with Crippen molar-refractivity contribution >= 4 is 21.8 Å².